The number of halogens is 1. The molecule has 0 radical (unpaired) electrons. The lowest BCUT2D eigenvalue weighted by Gasteiger charge is -1.97. The first kappa shape index (κ1) is 9.02. The van der Waals surface area contributed by atoms with Gasteiger partial charge in [-0.15, -0.1) is 4.91 Å². The van der Waals surface area contributed by atoms with Gasteiger partial charge in [0.25, 0.3) is 0 Å². The normalized spacial score (nSPS) is 10.7. The molecule has 0 aliphatic heterocycles. The number of aryl methyl sites for hydroxylation is 1. The molecule has 1 aromatic carbocycles. The second kappa shape index (κ2) is 2.99. The maximum absolute atomic E-state index is 10.4. The Morgan fingerprint density at radius 2 is 2.21 bits per heavy atom. The van der Waals surface area contributed by atoms with Crippen LogP contribution in [0.25, 0.3) is 10.9 Å². The fourth-order valence-corrected chi connectivity index (χ4v) is 1.60. The van der Waals surface area contributed by atoms with E-state index in [4.69, 9.17) is 11.6 Å². The number of aromatic amines is 1. The number of hydrogen-bond acceptors (Lipinski definition) is 3. The van der Waals surface area contributed by atoms with E-state index in [0.29, 0.717) is 15.9 Å². The van der Waals surface area contributed by atoms with Crippen LogP contribution >= 0.6 is 11.6 Å². The lowest BCUT2D eigenvalue weighted by Crippen LogP contribution is -1.77. The molecule has 0 amide bonds. The summed E-state index contributed by atoms with van der Waals surface area (Å²) in [6.07, 6.45) is 0. The molecular formula is C9H7ClN2O2. The van der Waals surface area contributed by atoms with Crippen LogP contribution in [0.1, 0.15) is 5.56 Å². The highest BCUT2D eigenvalue weighted by Crippen LogP contribution is 2.37. The van der Waals surface area contributed by atoms with Gasteiger partial charge in [0.1, 0.15) is 0 Å². The van der Waals surface area contributed by atoms with Crippen molar-refractivity contribution >= 4 is 28.2 Å². The number of hydrogen-bond donors (Lipinski definition) is 2. The minimum Gasteiger partial charge on any atom is -0.493 e. The number of nitrogens with zero attached hydrogens (tertiary/aromatic N) is 1. The van der Waals surface area contributed by atoms with Gasteiger partial charge in [-0.25, -0.2) is 0 Å². The smallest absolute Gasteiger partial charge is 0.219 e. The van der Waals surface area contributed by atoms with Gasteiger partial charge in [-0.3, -0.25) is 0 Å². The number of benzene rings is 1. The Morgan fingerprint density at radius 3 is 2.86 bits per heavy atom. The van der Waals surface area contributed by atoms with Crippen molar-refractivity contribution in [3.63, 3.8) is 0 Å². The summed E-state index contributed by atoms with van der Waals surface area (Å²) in [7, 11) is 0. The van der Waals surface area contributed by atoms with E-state index in [1.165, 1.54) is 0 Å². The number of H-pyrrole nitrogens is 1. The van der Waals surface area contributed by atoms with E-state index >= 15 is 0 Å². The molecule has 2 aromatic rings. The zero-order valence-electron chi connectivity index (χ0n) is 7.34. The number of fused-ring (bicyclic) bond motifs is 1. The topological polar surface area (TPSA) is 65.4 Å². The van der Waals surface area contributed by atoms with Gasteiger partial charge in [0, 0.05) is 10.4 Å². The lowest BCUT2D eigenvalue weighted by molar-refractivity contribution is 0.460. The first-order valence-electron chi connectivity index (χ1n) is 3.98. The molecule has 0 fully saturated rings. The first-order valence-corrected chi connectivity index (χ1v) is 4.36. The van der Waals surface area contributed by atoms with E-state index in [1.807, 2.05) is 0 Å². The van der Waals surface area contributed by atoms with Crippen LogP contribution in [-0.4, -0.2) is 10.1 Å². The third-order valence-electron chi connectivity index (χ3n) is 2.21. The van der Waals surface area contributed by atoms with Crippen LogP contribution in [0.15, 0.2) is 17.3 Å². The van der Waals surface area contributed by atoms with Gasteiger partial charge in [-0.05, 0) is 29.8 Å². The second-order valence-electron chi connectivity index (χ2n) is 3.01. The summed E-state index contributed by atoms with van der Waals surface area (Å²) in [4.78, 5) is 13.1. The molecule has 2 N–H and O–H groups in total. The van der Waals surface area contributed by atoms with Gasteiger partial charge in [0.2, 0.25) is 5.88 Å². The fraction of sp³-hybridized carbons (Fsp3) is 0.111. The third-order valence-corrected chi connectivity index (χ3v) is 2.62. The van der Waals surface area contributed by atoms with Crippen molar-refractivity contribution in [2.45, 2.75) is 6.92 Å². The van der Waals surface area contributed by atoms with Crippen LogP contribution in [0.2, 0.25) is 5.02 Å². The van der Waals surface area contributed by atoms with E-state index in [-0.39, 0.29) is 11.6 Å². The van der Waals surface area contributed by atoms with Crippen LogP contribution in [-0.2, 0) is 0 Å². The minimum absolute atomic E-state index is 0.0276. The van der Waals surface area contributed by atoms with Crippen LogP contribution in [0.5, 0.6) is 5.88 Å². The molecule has 14 heavy (non-hydrogen) atoms. The predicted molar refractivity (Wildman–Crippen MR) is 55.2 cm³/mol. The standard InChI is InChI=1S/C9H7ClN2O2/c1-4-6(10)3-2-5-7(4)11-9(13)8(5)12-14/h2-3,11,13H,1H3. The first-order chi connectivity index (χ1) is 6.65. The van der Waals surface area contributed by atoms with Gasteiger partial charge in [-0.1, -0.05) is 11.6 Å². The number of nitrogens with one attached hydrogen (secondary N) is 1. The molecule has 0 aliphatic rings. The van der Waals surface area contributed by atoms with Crippen molar-refractivity contribution in [2.75, 3.05) is 0 Å². The Bertz CT molecular complexity index is 519. The Balaban J connectivity index is 2.93. The molecule has 0 spiro atoms. The maximum atomic E-state index is 10.4. The van der Waals surface area contributed by atoms with Gasteiger partial charge < -0.3 is 10.1 Å². The van der Waals surface area contributed by atoms with E-state index < -0.39 is 0 Å². The highest BCUT2D eigenvalue weighted by molar-refractivity contribution is 6.32. The monoisotopic (exact) mass is 210 g/mol. The highest BCUT2D eigenvalue weighted by Gasteiger charge is 2.13. The quantitative estimate of drug-likeness (QED) is 0.710. The van der Waals surface area contributed by atoms with Crippen molar-refractivity contribution in [1.29, 1.82) is 0 Å². The molecule has 5 heteroatoms. The van der Waals surface area contributed by atoms with Crippen LogP contribution < -0.4 is 0 Å². The maximum Gasteiger partial charge on any atom is 0.219 e. The third kappa shape index (κ3) is 1.08. The van der Waals surface area contributed by atoms with Crippen molar-refractivity contribution in [1.82, 2.24) is 4.98 Å². The minimum atomic E-state index is -0.222. The molecule has 1 heterocycles. The molecule has 0 bridgehead atoms. The SMILES string of the molecule is Cc1c(Cl)ccc2c(N=O)c(O)[nH]c12. The summed E-state index contributed by atoms with van der Waals surface area (Å²) in [5.41, 5.74) is 1.46. The van der Waals surface area contributed by atoms with Crippen LogP contribution in [0.4, 0.5) is 5.69 Å². The summed E-state index contributed by atoms with van der Waals surface area (Å²) in [6.45, 7) is 1.80. The molecule has 0 aliphatic carbocycles. The largest absolute Gasteiger partial charge is 0.493 e. The average Bonchev–Trinajstić information content (AvgIpc) is 2.49. The summed E-state index contributed by atoms with van der Waals surface area (Å²) in [6, 6.07) is 3.32. The Morgan fingerprint density at radius 1 is 1.50 bits per heavy atom. The van der Waals surface area contributed by atoms with Gasteiger partial charge in [-0.2, -0.15) is 0 Å². The number of aromatic nitrogens is 1. The average molecular weight is 211 g/mol. The molecule has 0 atom stereocenters. The second-order valence-corrected chi connectivity index (χ2v) is 3.42. The predicted octanol–water partition coefficient (Wildman–Crippen LogP) is 3.23. The van der Waals surface area contributed by atoms with Crippen LogP contribution in [0.3, 0.4) is 0 Å². The number of nitroso groups, excluding NO2 is 1. The summed E-state index contributed by atoms with van der Waals surface area (Å²) in [5, 5.41) is 13.3. The summed E-state index contributed by atoms with van der Waals surface area (Å²) in [5.74, 6) is -0.222. The van der Waals surface area contributed by atoms with E-state index in [1.54, 1.807) is 19.1 Å². The van der Waals surface area contributed by atoms with Crippen molar-refractivity contribution < 1.29 is 5.11 Å². The van der Waals surface area contributed by atoms with Crippen LogP contribution in [0, 0.1) is 11.8 Å². The lowest BCUT2D eigenvalue weighted by atomic mass is 10.1. The number of rotatable bonds is 1. The zero-order chi connectivity index (χ0) is 10.3. The summed E-state index contributed by atoms with van der Waals surface area (Å²) < 4.78 is 0. The van der Waals surface area contributed by atoms with Gasteiger partial charge in [0.15, 0.2) is 5.69 Å². The molecule has 2 rings (SSSR count). The van der Waals surface area contributed by atoms with Crippen molar-refractivity contribution in [2.24, 2.45) is 5.18 Å². The van der Waals surface area contributed by atoms with Gasteiger partial charge in [0.05, 0.1) is 5.52 Å². The van der Waals surface area contributed by atoms with E-state index in [0.717, 1.165) is 5.56 Å². The molecule has 0 unspecified atom stereocenters. The molecular weight excluding hydrogens is 204 g/mol. The molecule has 1 aromatic heterocycles. The molecule has 4 nitrogen and oxygen atoms in total. The summed E-state index contributed by atoms with van der Waals surface area (Å²) >= 11 is 5.88. The highest BCUT2D eigenvalue weighted by atomic mass is 35.5. The molecule has 72 valence electrons. The van der Waals surface area contributed by atoms with Gasteiger partial charge >= 0.3 is 0 Å². The van der Waals surface area contributed by atoms with E-state index in [2.05, 4.69) is 10.2 Å². The number of aromatic hydroxyl groups is 1. The Kier molecular flexibility index (Phi) is 1.93. The van der Waals surface area contributed by atoms with Crippen molar-refractivity contribution in [3.05, 3.63) is 27.6 Å². The van der Waals surface area contributed by atoms with E-state index in [9.17, 15) is 10.0 Å². The molecule has 0 saturated carbocycles. The van der Waals surface area contributed by atoms with Crippen molar-refractivity contribution in [3.8, 4) is 5.88 Å². The zero-order valence-corrected chi connectivity index (χ0v) is 8.09. The fourth-order valence-electron chi connectivity index (χ4n) is 1.44. The Labute approximate surface area is 84.5 Å². The molecule has 0 saturated heterocycles. The Hall–Kier alpha value is -1.55.